The molecule has 3 N–H and O–H groups in total. The molecule has 0 bridgehead atoms. The first-order valence-corrected chi connectivity index (χ1v) is 11.7. The molecular weight excluding hydrogens is 398 g/mol. The van der Waals surface area contributed by atoms with Crippen LogP contribution in [0.15, 0.2) is 64.5 Å². The van der Waals surface area contributed by atoms with Crippen LogP contribution in [0.1, 0.15) is 31.0 Å². The van der Waals surface area contributed by atoms with E-state index in [1.165, 1.54) is 12.6 Å². The molecule has 2 aromatic rings. The molecular formula is C22H33N5O2S. The van der Waals surface area contributed by atoms with Crippen LogP contribution < -0.4 is 15.4 Å². The second-order valence-corrected chi connectivity index (χ2v) is 8.70. The number of rotatable bonds is 10. The second-order valence-electron chi connectivity index (χ2n) is 6.81. The van der Waals surface area contributed by atoms with Crippen molar-refractivity contribution in [3.63, 3.8) is 0 Å². The van der Waals surface area contributed by atoms with Gasteiger partial charge in [-0.05, 0) is 43.4 Å². The number of nitrogens with zero attached hydrogens (tertiary/aromatic N) is 2. The van der Waals surface area contributed by atoms with Crippen molar-refractivity contribution in [1.29, 1.82) is 0 Å². The van der Waals surface area contributed by atoms with E-state index in [-0.39, 0.29) is 10.9 Å². The Hall–Kier alpha value is -2.42. The highest BCUT2D eigenvalue weighted by atomic mass is 32.2. The van der Waals surface area contributed by atoms with Crippen LogP contribution in [0.3, 0.4) is 0 Å². The molecule has 0 aliphatic rings. The fraction of sp³-hybridized carbons (Fsp3) is 0.409. The standard InChI is InChI=1S/C22H33N5O2S/c1-5-27(6-2)21(19-12-8-7-9-13-19)17-26-22(23-3)25-16-18-11-10-14-20(15-18)30(28,29)24-4/h7-15,21,24H,5-6,16-17H2,1-4H3,(H2,23,25,26). The predicted molar refractivity (Wildman–Crippen MR) is 123 cm³/mol. The van der Waals surface area contributed by atoms with Gasteiger partial charge in [-0.2, -0.15) is 0 Å². The zero-order valence-electron chi connectivity index (χ0n) is 18.2. The van der Waals surface area contributed by atoms with Gasteiger partial charge in [0.1, 0.15) is 0 Å². The van der Waals surface area contributed by atoms with Crippen molar-refractivity contribution < 1.29 is 8.42 Å². The number of hydrogen-bond donors (Lipinski definition) is 3. The van der Waals surface area contributed by atoms with Gasteiger partial charge < -0.3 is 10.6 Å². The van der Waals surface area contributed by atoms with Gasteiger partial charge in [0.15, 0.2) is 5.96 Å². The van der Waals surface area contributed by atoms with Gasteiger partial charge in [0.2, 0.25) is 10.0 Å². The summed E-state index contributed by atoms with van der Waals surface area (Å²) in [4.78, 5) is 6.96. The smallest absolute Gasteiger partial charge is 0.240 e. The number of benzene rings is 2. The third-order valence-electron chi connectivity index (χ3n) is 5.06. The first kappa shape index (κ1) is 23.9. The number of nitrogens with one attached hydrogen (secondary N) is 3. The van der Waals surface area contributed by atoms with Crippen molar-refractivity contribution in [3.8, 4) is 0 Å². The topological polar surface area (TPSA) is 85.8 Å². The molecule has 0 heterocycles. The molecule has 0 aliphatic carbocycles. The molecule has 0 saturated carbocycles. The Morgan fingerprint density at radius 2 is 1.73 bits per heavy atom. The minimum Gasteiger partial charge on any atom is -0.354 e. The largest absolute Gasteiger partial charge is 0.354 e. The van der Waals surface area contributed by atoms with Crippen molar-refractivity contribution in [2.24, 2.45) is 4.99 Å². The maximum absolute atomic E-state index is 12.0. The van der Waals surface area contributed by atoms with Crippen LogP contribution in [0.25, 0.3) is 0 Å². The van der Waals surface area contributed by atoms with Gasteiger partial charge in [-0.3, -0.25) is 9.89 Å². The van der Waals surface area contributed by atoms with Gasteiger partial charge in [-0.25, -0.2) is 13.1 Å². The third-order valence-corrected chi connectivity index (χ3v) is 6.47. The summed E-state index contributed by atoms with van der Waals surface area (Å²) in [6.45, 7) is 7.41. The molecule has 0 aromatic heterocycles. The average molecular weight is 432 g/mol. The van der Waals surface area contributed by atoms with Gasteiger partial charge in [0, 0.05) is 20.1 Å². The van der Waals surface area contributed by atoms with Crippen molar-refractivity contribution in [3.05, 3.63) is 65.7 Å². The summed E-state index contributed by atoms with van der Waals surface area (Å²) < 4.78 is 26.4. The Morgan fingerprint density at radius 1 is 1.03 bits per heavy atom. The number of aliphatic imine (C=N–C) groups is 1. The fourth-order valence-electron chi connectivity index (χ4n) is 3.34. The first-order valence-electron chi connectivity index (χ1n) is 10.2. The molecule has 1 unspecified atom stereocenters. The number of guanidine groups is 1. The van der Waals surface area contributed by atoms with Crippen molar-refractivity contribution in [2.45, 2.75) is 31.3 Å². The molecule has 2 rings (SSSR count). The van der Waals surface area contributed by atoms with E-state index in [0.717, 1.165) is 18.7 Å². The summed E-state index contributed by atoms with van der Waals surface area (Å²) >= 11 is 0. The second kappa shape index (κ2) is 11.7. The molecule has 0 aliphatic heterocycles. The third kappa shape index (κ3) is 6.55. The first-order chi connectivity index (χ1) is 14.4. The number of sulfonamides is 1. The number of likely N-dealkylation sites (N-methyl/N-ethyl adjacent to an activating group) is 1. The Bertz CT molecular complexity index is 912. The summed E-state index contributed by atoms with van der Waals surface area (Å²) in [6.07, 6.45) is 0. The van der Waals surface area contributed by atoms with Gasteiger partial charge >= 0.3 is 0 Å². The van der Waals surface area contributed by atoms with Crippen LogP contribution in [-0.2, 0) is 16.6 Å². The van der Waals surface area contributed by atoms with Gasteiger partial charge in [0.25, 0.3) is 0 Å². The summed E-state index contributed by atoms with van der Waals surface area (Å²) in [7, 11) is -0.325. The van der Waals surface area contributed by atoms with Gasteiger partial charge in [0.05, 0.1) is 10.9 Å². The SMILES string of the molecule is CCN(CC)C(CNC(=NC)NCc1cccc(S(=O)(=O)NC)c1)c1ccccc1. The lowest BCUT2D eigenvalue weighted by Gasteiger charge is -2.30. The average Bonchev–Trinajstić information content (AvgIpc) is 2.79. The minimum absolute atomic E-state index is 0.226. The molecule has 7 nitrogen and oxygen atoms in total. The quantitative estimate of drug-likeness (QED) is 0.397. The van der Waals surface area contributed by atoms with E-state index in [0.29, 0.717) is 19.0 Å². The summed E-state index contributed by atoms with van der Waals surface area (Å²) in [6, 6.07) is 17.5. The van der Waals surface area contributed by atoms with E-state index in [1.54, 1.807) is 25.2 Å². The fourth-order valence-corrected chi connectivity index (χ4v) is 4.14. The van der Waals surface area contributed by atoms with E-state index in [9.17, 15) is 8.42 Å². The molecule has 0 fully saturated rings. The highest BCUT2D eigenvalue weighted by Gasteiger charge is 2.18. The lowest BCUT2D eigenvalue weighted by atomic mass is 10.1. The lowest BCUT2D eigenvalue weighted by Crippen LogP contribution is -2.43. The van der Waals surface area contributed by atoms with Crippen LogP contribution in [0, 0.1) is 0 Å². The van der Waals surface area contributed by atoms with E-state index in [1.807, 2.05) is 12.1 Å². The zero-order valence-corrected chi connectivity index (χ0v) is 19.0. The maximum Gasteiger partial charge on any atom is 0.240 e. The van der Waals surface area contributed by atoms with Crippen molar-refractivity contribution in [2.75, 3.05) is 33.7 Å². The van der Waals surface area contributed by atoms with Gasteiger partial charge in [-0.1, -0.05) is 56.3 Å². The predicted octanol–water partition coefficient (Wildman–Crippen LogP) is 2.34. The molecule has 164 valence electrons. The van der Waals surface area contributed by atoms with E-state index in [2.05, 4.69) is 63.4 Å². The summed E-state index contributed by atoms with van der Waals surface area (Å²) in [5, 5.41) is 6.68. The maximum atomic E-state index is 12.0. The van der Waals surface area contributed by atoms with E-state index >= 15 is 0 Å². The summed E-state index contributed by atoms with van der Waals surface area (Å²) in [5.41, 5.74) is 2.12. The molecule has 0 spiro atoms. The molecule has 0 saturated heterocycles. The molecule has 0 radical (unpaired) electrons. The Balaban J connectivity index is 2.04. The lowest BCUT2D eigenvalue weighted by molar-refractivity contribution is 0.219. The van der Waals surface area contributed by atoms with Crippen molar-refractivity contribution >= 4 is 16.0 Å². The van der Waals surface area contributed by atoms with Crippen LogP contribution in [0.5, 0.6) is 0 Å². The minimum atomic E-state index is -3.46. The number of hydrogen-bond acceptors (Lipinski definition) is 4. The van der Waals surface area contributed by atoms with Crippen LogP contribution in [-0.4, -0.2) is 53.0 Å². The van der Waals surface area contributed by atoms with Gasteiger partial charge in [-0.15, -0.1) is 0 Å². The molecule has 1 atom stereocenters. The summed E-state index contributed by atoms with van der Waals surface area (Å²) in [5.74, 6) is 0.671. The van der Waals surface area contributed by atoms with E-state index < -0.39 is 10.0 Å². The Kier molecular flexibility index (Phi) is 9.29. The monoisotopic (exact) mass is 431 g/mol. The highest BCUT2D eigenvalue weighted by Crippen LogP contribution is 2.19. The Morgan fingerprint density at radius 3 is 2.33 bits per heavy atom. The van der Waals surface area contributed by atoms with Crippen molar-refractivity contribution in [1.82, 2.24) is 20.3 Å². The van der Waals surface area contributed by atoms with Crippen LogP contribution in [0.2, 0.25) is 0 Å². The molecule has 2 aromatic carbocycles. The zero-order chi connectivity index (χ0) is 22.0. The normalized spacial score (nSPS) is 13.3. The molecule has 30 heavy (non-hydrogen) atoms. The Labute approximate surface area is 180 Å². The highest BCUT2D eigenvalue weighted by molar-refractivity contribution is 7.89. The van der Waals surface area contributed by atoms with E-state index in [4.69, 9.17) is 0 Å². The van der Waals surface area contributed by atoms with Crippen LogP contribution >= 0.6 is 0 Å². The van der Waals surface area contributed by atoms with Crippen LogP contribution in [0.4, 0.5) is 0 Å². The molecule has 8 heteroatoms. The molecule has 0 amide bonds.